The molecule has 3 atom stereocenters. The summed E-state index contributed by atoms with van der Waals surface area (Å²) in [7, 11) is 0. The normalized spacial score (nSPS) is 32.9. The average molecular weight is 225 g/mol. The highest BCUT2D eigenvalue weighted by atomic mass is 16.2. The number of hydrogen-bond donors (Lipinski definition) is 2. The molecule has 2 rings (SSSR count). The Hall–Kier alpha value is -0.770. The first-order valence-corrected chi connectivity index (χ1v) is 6.51. The number of nitrogens with one attached hydrogen (secondary N) is 2. The molecule has 0 aromatic heterocycles. The molecule has 0 radical (unpaired) electrons. The number of carbonyl (C=O) groups is 1. The second-order valence-corrected chi connectivity index (χ2v) is 5.06. The highest BCUT2D eigenvalue weighted by Gasteiger charge is 2.43. The van der Waals surface area contributed by atoms with E-state index in [0.717, 1.165) is 38.9 Å². The standard InChI is InChI=1S/C12H23N3O/c1-3-4-5-14-12(16)15-9(2)6-10-7-13-8-11(10)15/h9-11,13H,3-8H2,1-2H3,(H,14,16). The summed E-state index contributed by atoms with van der Waals surface area (Å²) in [5.74, 6) is 0.673. The second kappa shape index (κ2) is 5.04. The Morgan fingerprint density at radius 2 is 2.31 bits per heavy atom. The van der Waals surface area contributed by atoms with Crippen molar-refractivity contribution in [3.63, 3.8) is 0 Å². The molecule has 4 nitrogen and oxygen atoms in total. The van der Waals surface area contributed by atoms with Gasteiger partial charge in [-0.25, -0.2) is 4.79 Å². The van der Waals surface area contributed by atoms with Gasteiger partial charge in [-0.2, -0.15) is 0 Å². The number of unbranched alkanes of at least 4 members (excludes halogenated alkanes) is 1. The van der Waals surface area contributed by atoms with Crippen molar-refractivity contribution in [1.82, 2.24) is 15.5 Å². The molecule has 92 valence electrons. The summed E-state index contributed by atoms with van der Waals surface area (Å²) in [5, 5.41) is 6.40. The topological polar surface area (TPSA) is 44.4 Å². The van der Waals surface area contributed by atoms with Crippen molar-refractivity contribution in [1.29, 1.82) is 0 Å². The van der Waals surface area contributed by atoms with Crippen molar-refractivity contribution in [3.05, 3.63) is 0 Å². The van der Waals surface area contributed by atoms with Crippen molar-refractivity contribution < 1.29 is 4.79 Å². The van der Waals surface area contributed by atoms with Gasteiger partial charge >= 0.3 is 6.03 Å². The molecule has 2 amide bonds. The molecule has 0 saturated carbocycles. The summed E-state index contributed by atoms with van der Waals surface area (Å²) in [6.07, 6.45) is 3.35. The number of rotatable bonds is 3. The number of nitrogens with zero attached hydrogens (tertiary/aromatic N) is 1. The van der Waals surface area contributed by atoms with E-state index in [0.29, 0.717) is 18.0 Å². The monoisotopic (exact) mass is 225 g/mol. The van der Waals surface area contributed by atoms with Crippen molar-refractivity contribution in [2.75, 3.05) is 19.6 Å². The molecule has 2 fully saturated rings. The number of carbonyl (C=O) groups excluding carboxylic acids is 1. The Balaban J connectivity index is 1.89. The summed E-state index contributed by atoms with van der Waals surface area (Å²) in [6, 6.07) is 0.965. The Morgan fingerprint density at radius 1 is 1.50 bits per heavy atom. The lowest BCUT2D eigenvalue weighted by Crippen LogP contribution is -2.48. The van der Waals surface area contributed by atoms with Crippen molar-refractivity contribution in [2.24, 2.45) is 5.92 Å². The summed E-state index contributed by atoms with van der Waals surface area (Å²) in [5.41, 5.74) is 0. The van der Waals surface area contributed by atoms with Crippen LogP contribution in [0.1, 0.15) is 33.1 Å². The lowest BCUT2D eigenvalue weighted by Gasteiger charge is -2.27. The Morgan fingerprint density at radius 3 is 3.06 bits per heavy atom. The third kappa shape index (κ3) is 2.17. The Kier molecular flexibility index (Phi) is 3.69. The Labute approximate surface area is 97.8 Å². The minimum Gasteiger partial charge on any atom is -0.338 e. The van der Waals surface area contributed by atoms with Crippen LogP contribution in [0, 0.1) is 5.92 Å². The summed E-state index contributed by atoms with van der Waals surface area (Å²) in [6.45, 7) is 7.16. The van der Waals surface area contributed by atoms with E-state index < -0.39 is 0 Å². The smallest absolute Gasteiger partial charge is 0.317 e. The molecule has 0 aromatic rings. The van der Waals surface area contributed by atoms with Gasteiger partial charge in [0.25, 0.3) is 0 Å². The van der Waals surface area contributed by atoms with E-state index in [1.807, 2.05) is 0 Å². The maximum atomic E-state index is 12.1. The fourth-order valence-corrected chi connectivity index (χ4v) is 2.98. The highest BCUT2D eigenvalue weighted by molar-refractivity contribution is 5.75. The quantitative estimate of drug-likeness (QED) is 0.708. The minimum absolute atomic E-state index is 0.136. The van der Waals surface area contributed by atoms with Crippen LogP contribution < -0.4 is 10.6 Å². The zero-order valence-electron chi connectivity index (χ0n) is 10.3. The molecule has 2 aliphatic rings. The molecule has 0 bridgehead atoms. The maximum absolute atomic E-state index is 12.1. The van der Waals surface area contributed by atoms with E-state index >= 15 is 0 Å². The predicted octanol–water partition coefficient (Wildman–Crippen LogP) is 1.18. The van der Waals surface area contributed by atoms with Gasteiger partial charge < -0.3 is 15.5 Å². The third-order valence-corrected chi connectivity index (χ3v) is 3.82. The van der Waals surface area contributed by atoms with Gasteiger partial charge in [-0.05, 0) is 25.7 Å². The van der Waals surface area contributed by atoms with Crippen LogP contribution >= 0.6 is 0 Å². The van der Waals surface area contributed by atoms with Crippen LogP contribution in [-0.4, -0.2) is 42.6 Å². The first kappa shape index (κ1) is 11.7. The first-order valence-electron chi connectivity index (χ1n) is 6.51. The van der Waals surface area contributed by atoms with Crippen LogP contribution in [0.25, 0.3) is 0 Å². The van der Waals surface area contributed by atoms with E-state index in [4.69, 9.17) is 0 Å². The van der Waals surface area contributed by atoms with Crippen molar-refractivity contribution in [3.8, 4) is 0 Å². The molecule has 2 aliphatic heterocycles. The fourth-order valence-electron chi connectivity index (χ4n) is 2.98. The van der Waals surface area contributed by atoms with Gasteiger partial charge in [0.15, 0.2) is 0 Å². The van der Waals surface area contributed by atoms with Crippen molar-refractivity contribution in [2.45, 2.75) is 45.2 Å². The highest BCUT2D eigenvalue weighted by Crippen LogP contribution is 2.31. The molecular formula is C12H23N3O. The average Bonchev–Trinajstić information content (AvgIpc) is 2.77. The van der Waals surface area contributed by atoms with Crippen LogP contribution in [0.15, 0.2) is 0 Å². The van der Waals surface area contributed by atoms with E-state index in [1.54, 1.807) is 0 Å². The van der Waals surface area contributed by atoms with E-state index in [2.05, 4.69) is 29.4 Å². The molecule has 16 heavy (non-hydrogen) atoms. The molecule has 2 saturated heterocycles. The predicted molar refractivity (Wildman–Crippen MR) is 64.4 cm³/mol. The summed E-state index contributed by atoms with van der Waals surface area (Å²) >= 11 is 0. The zero-order chi connectivity index (χ0) is 11.5. The fraction of sp³-hybridized carbons (Fsp3) is 0.917. The minimum atomic E-state index is 0.136. The van der Waals surface area contributed by atoms with E-state index in [1.165, 1.54) is 0 Å². The van der Waals surface area contributed by atoms with Gasteiger partial charge in [-0.3, -0.25) is 0 Å². The molecule has 0 aromatic carbocycles. The number of likely N-dealkylation sites (tertiary alicyclic amines) is 1. The summed E-state index contributed by atoms with van der Waals surface area (Å²) < 4.78 is 0. The third-order valence-electron chi connectivity index (χ3n) is 3.82. The van der Waals surface area contributed by atoms with Crippen LogP contribution in [0.5, 0.6) is 0 Å². The second-order valence-electron chi connectivity index (χ2n) is 5.06. The lowest BCUT2D eigenvalue weighted by atomic mass is 10.0. The molecular weight excluding hydrogens is 202 g/mol. The number of fused-ring (bicyclic) bond motifs is 1. The number of urea groups is 1. The molecule has 2 N–H and O–H groups in total. The first-order chi connectivity index (χ1) is 7.74. The molecule has 2 heterocycles. The van der Waals surface area contributed by atoms with Crippen LogP contribution in [0.2, 0.25) is 0 Å². The van der Waals surface area contributed by atoms with Gasteiger partial charge in [0, 0.05) is 25.7 Å². The van der Waals surface area contributed by atoms with Crippen LogP contribution in [-0.2, 0) is 0 Å². The molecule has 0 aliphatic carbocycles. The van der Waals surface area contributed by atoms with Crippen LogP contribution in [0.3, 0.4) is 0 Å². The largest absolute Gasteiger partial charge is 0.338 e. The number of amides is 2. The Bertz CT molecular complexity index is 257. The SMILES string of the molecule is CCCCNC(=O)N1C(C)CC2CNCC21. The maximum Gasteiger partial charge on any atom is 0.317 e. The van der Waals surface area contributed by atoms with Crippen molar-refractivity contribution >= 4 is 6.03 Å². The van der Waals surface area contributed by atoms with E-state index in [9.17, 15) is 4.79 Å². The lowest BCUT2D eigenvalue weighted by molar-refractivity contribution is 0.176. The summed E-state index contributed by atoms with van der Waals surface area (Å²) in [4.78, 5) is 14.1. The van der Waals surface area contributed by atoms with Crippen LogP contribution in [0.4, 0.5) is 4.79 Å². The molecule has 0 spiro atoms. The van der Waals surface area contributed by atoms with E-state index in [-0.39, 0.29) is 6.03 Å². The molecule has 4 heteroatoms. The van der Waals surface area contributed by atoms with Gasteiger partial charge in [-0.1, -0.05) is 13.3 Å². The van der Waals surface area contributed by atoms with Gasteiger partial charge in [0.2, 0.25) is 0 Å². The van der Waals surface area contributed by atoms with Gasteiger partial charge in [-0.15, -0.1) is 0 Å². The molecule has 3 unspecified atom stereocenters. The van der Waals surface area contributed by atoms with Gasteiger partial charge in [0.1, 0.15) is 0 Å². The van der Waals surface area contributed by atoms with Gasteiger partial charge in [0.05, 0.1) is 6.04 Å². The number of hydrogen-bond acceptors (Lipinski definition) is 2. The zero-order valence-corrected chi connectivity index (χ0v) is 10.3.